The second-order valence-corrected chi connectivity index (χ2v) is 6.75. The molecular formula is C19H29NO2. The number of hydrogen-bond donors (Lipinski definition) is 1. The predicted molar refractivity (Wildman–Crippen MR) is 89.6 cm³/mol. The van der Waals surface area contributed by atoms with E-state index in [1.807, 2.05) is 18.2 Å². The first-order chi connectivity index (χ1) is 10.8. The van der Waals surface area contributed by atoms with Crippen molar-refractivity contribution >= 4 is 0 Å². The Hall–Kier alpha value is -1.22. The summed E-state index contributed by atoms with van der Waals surface area (Å²) >= 11 is 0. The van der Waals surface area contributed by atoms with E-state index in [-0.39, 0.29) is 6.10 Å². The van der Waals surface area contributed by atoms with Crippen LogP contribution in [0.25, 0.3) is 0 Å². The third-order valence-corrected chi connectivity index (χ3v) is 5.01. The van der Waals surface area contributed by atoms with E-state index in [1.165, 1.54) is 44.9 Å². The van der Waals surface area contributed by atoms with E-state index in [9.17, 15) is 0 Å². The lowest BCUT2D eigenvalue weighted by Gasteiger charge is -2.30. The molecule has 2 aliphatic rings. The van der Waals surface area contributed by atoms with Crippen LogP contribution in [0.5, 0.6) is 11.5 Å². The van der Waals surface area contributed by atoms with Crippen LogP contribution < -0.4 is 14.8 Å². The van der Waals surface area contributed by atoms with Gasteiger partial charge >= 0.3 is 0 Å². The fraction of sp³-hybridized carbons (Fsp3) is 0.684. The molecule has 1 aliphatic heterocycles. The molecule has 122 valence electrons. The van der Waals surface area contributed by atoms with Gasteiger partial charge in [-0.2, -0.15) is 0 Å². The standard InChI is InChI=1S/C19H29NO2/c1-15(16-8-7-13-20-14-16)21-18-11-5-6-12-19(18)22-17-9-3-2-4-10-17/h5-6,11-12,15-17,20H,2-4,7-10,13-14H2,1H3/t15-,16?/m0/s1. The minimum Gasteiger partial charge on any atom is -0.487 e. The number of ether oxygens (including phenoxy) is 2. The van der Waals surface area contributed by atoms with Crippen molar-refractivity contribution in [3.05, 3.63) is 24.3 Å². The highest BCUT2D eigenvalue weighted by Crippen LogP contribution is 2.32. The topological polar surface area (TPSA) is 30.5 Å². The van der Waals surface area contributed by atoms with Crippen LogP contribution >= 0.6 is 0 Å². The van der Waals surface area contributed by atoms with E-state index in [2.05, 4.69) is 18.3 Å². The van der Waals surface area contributed by atoms with E-state index in [0.717, 1.165) is 24.6 Å². The lowest BCUT2D eigenvalue weighted by atomic mass is 9.94. The van der Waals surface area contributed by atoms with Crippen molar-refractivity contribution in [3.8, 4) is 11.5 Å². The van der Waals surface area contributed by atoms with Crippen molar-refractivity contribution in [2.45, 2.75) is 64.1 Å². The van der Waals surface area contributed by atoms with E-state index in [4.69, 9.17) is 9.47 Å². The first-order valence-electron chi connectivity index (χ1n) is 8.96. The predicted octanol–water partition coefficient (Wildman–Crippen LogP) is 4.17. The summed E-state index contributed by atoms with van der Waals surface area (Å²) in [4.78, 5) is 0. The average Bonchev–Trinajstić information content (AvgIpc) is 2.58. The number of para-hydroxylation sites is 2. The maximum absolute atomic E-state index is 6.26. The van der Waals surface area contributed by atoms with Crippen LogP contribution in [0.15, 0.2) is 24.3 Å². The van der Waals surface area contributed by atoms with Gasteiger partial charge < -0.3 is 14.8 Å². The molecule has 1 aliphatic carbocycles. The van der Waals surface area contributed by atoms with E-state index in [0.29, 0.717) is 12.0 Å². The van der Waals surface area contributed by atoms with Crippen LogP contribution in [0.2, 0.25) is 0 Å². The molecule has 2 fully saturated rings. The van der Waals surface area contributed by atoms with E-state index >= 15 is 0 Å². The Morgan fingerprint density at radius 3 is 2.50 bits per heavy atom. The van der Waals surface area contributed by atoms with Crippen LogP contribution in [0.1, 0.15) is 51.9 Å². The first-order valence-corrected chi connectivity index (χ1v) is 8.96. The Morgan fingerprint density at radius 2 is 1.77 bits per heavy atom. The molecule has 1 aromatic carbocycles. The first kappa shape index (κ1) is 15.7. The number of benzene rings is 1. The molecule has 1 unspecified atom stereocenters. The second-order valence-electron chi connectivity index (χ2n) is 6.75. The fourth-order valence-corrected chi connectivity index (χ4v) is 3.58. The molecule has 22 heavy (non-hydrogen) atoms. The Morgan fingerprint density at radius 1 is 1.00 bits per heavy atom. The molecular weight excluding hydrogens is 274 g/mol. The van der Waals surface area contributed by atoms with Crippen LogP contribution in [-0.2, 0) is 0 Å². The molecule has 0 radical (unpaired) electrons. The molecule has 0 spiro atoms. The molecule has 1 aromatic rings. The highest BCUT2D eigenvalue weighted by Gasteiger charge is 2.23. The monoisotopic (exact) mass is 303 g/mol. The molecule has 3 heteroatoms. The second kappa shape index (κ2) is 7.87. The van der Waals surface area contributed by atoms with Crippen LogP contribution in [0.4, 0.5) is 0 Å². The van der Waals surface area contributed by atoms with E-state index in [1.54, 1.807) is 0 Å². The zero-order valence-corrected chi connectivity index (χ0v) is 13.7. The van der Waals surface area contributed by atoms with Crippen LogP contribution in [0.3, 0.4) is 0 Å². The summed E-state index contributed by atoms with van der Waals surface area (Å²) in [5.74, 6) is 2.42. The maximum atomic E-state index is 6.26. The number of piperidine rings is 1. The summed E-state index contributed by atoms with van der Waals surface area (Å²) in [7, 11) is 0. The van der Waals surface area contributed by atoms with Gasteiger partial charge in [-0.25, -0.2) is 0 Å². The zero-order chi connectivity index (χ0) is 15.2. The zero-order valence-electron chi connectivity index (χ0n) is 13.7. The van der Waals surface area contributed by atoms with Crippen molar-refractivity contribution < 1.29 is 9.47 Å². The Kier molecular flexibility index (Phi) is 5.60. The lowest BCUT2D eigenvalue weighted by molar-refractivity contribution is 0.111. The summed E-state index contributed by atoms with van der Waals surface area (Å²) in [6, 6.07) is 8.17. The fourth-order valence-electron chi connectivity index (χ4n) is 3.58. The van der Waals surface area contributed by atoms with Gasteiger partial charge in [0.1, 0.15) is 6.10 Å². The highest BCUT2D eigenvalue weighted by atomic mass is 16.5. The normalized spacial score (nSPS) is 24.7. The molecule has 1 saturated heterocycles. The summed E-state index contributed by atoms with van der Waals surface area (Å²) < 4.78 is 12.5. The van der Waals surface area contributed by atoms with Gasteiger partial charge in [0.15, 0.2) is 11.5 Å². The maximum Gasteiger partial charge on any atom is 0.161 e. The molecule has 2 atom stereocenters. The molecule has 1 heterocycles. The summed E-state index contributed by atoms with van der Waals surface area (Å²) in [5.41, 5.74) is 0. The molecule has 3 rings (SSSR count). The quantitative estimate of drug-likeness (QED) is 0.886. The van der Waals surface area contributed by atoms with Crippen molar-refractivity contribution in [2.75, 3.05) is 13.1 Å². The highest BCUT2D eigenvalue weighted by molar-refractivity contribution is 5.39. The molecule has 1 N–H and O–H groups in total. The van der Waals surface area contributed by atoms with Gasteiger partial charge in [-0.3, -0.25) is 0 Å². The minimum atomic E-state index is 0.226. The van der Waals surface area contributed by atoms with Gasteiger partial charge in [0.05, 0.1) is 6.10 Å². The van der Waals surface area contributed by atoms with Gasteiger partial charge in [-0.1, -0.05) is 18.6 Å². The van der Waals surface area contributed by atoms with Crippen molar-refractivity contribution in [3.63, 3.8) is 0 Å². The largest absolute Gasteiger partial charge is 0.487 e. The van der Waals surface area contributed by atoms with Gasteiger partial charge in [0, 0.05) is 12.5 Å². The Bertz CT molecular complexity index is 451. The van der Waals surface area contributed by atoms with Crippen LogP contribution in [0, 0.1) is 5.92 Å². The third kappa shape index (κ3) is 4.16. The number of nitrogens with one attached hydrogen (secondary N) is 1. The van der Waals surface area contributed by atoms with Gasteiger partial charge in [0.2, 0.25) is 0 Å². The van der Waals surface area contributed by atoms with Gasteiger partial charge in [0.25, 0.3) is 0 Å². The van der Waals surface area contributed by atoms with Crippen molar-refractivity contribution in [1.82, 2.24) is 5.32 Å². The van der Waals surface area contributed by atoms with Crippen LogP contribution in [-0.4, -0.2) is 25.3 Å². The summed E-state index contributed by atoms with van der Waals surface area (Å²) in [5, 5.41) is 3.47. The minimum absolute atomic E-state index is 0.226. The molecule has 3 nitrogen and oxygen atoms in total. The SMILES string of the molecule is C[C@H](Oc1ccccc1OC1CCCCC1)C1CCCNC1. The molecule has 0 aromatic heterocycles. The average molecular weight is 303 g/mol. The lowest BCUT2D eigenvalue weighted by Crippen LogP contribution is -2.38. The van der Waals surface area contributed by atoms with Crippen molar-refractivity contribution in [2.24, 2.45) is 5.92 Å². The number of rotatable bonds is 5. The van der Waals surface area contributed by atoms with E-state index < -0.39 is 0 Å². The van der Waals surface area contributed by atoms with Crippen molar-refractivity contribution in [1.29, 1.82) is 0 Å². The Labute approximate surface area is 134 Å². The van der Waals surface area contributed by atoms with Gasteiger partial charge in [-0.05, 0) is 64.1 Å². The smallest absolute Gasteiger partial charge is 0.161 e. The molecule has 1 saturated carbocycles. The summed E-state index contributed by atoms with van der Waals surface area (Å²) in [6.07, 6.45) is 9.37. The molecule has 0 amide bonds. The Balaban J connectivity index is 1.62. The van der Waals surface area contributed by atoms with Gasteiger partial charge in [-0.15, -0.1) is 0 Å². The summed E-state index contributed by atoms with van der Waals surface area (Å²) in [6.45, 7) is 4.40. The number of hydrogen-bond acceptors (Lipinski definition) is 3. The third-order valence-electron chi connectivity index (χ3n) is 5.01. The molecule has 0 bridgehead atoms.